The van der Waals surface area contributed by atoms with Gasteiger partial charge in [-0.2, -0.15) is 0 Å². The van der Waals surface area contributed by atoms with Crippen LogP contribution in [-0.4, -0.2) is 36.5 Å². The fourth-order valence-corrected chi connectivity index (χ4v) is 3.39. The van der Waals surface area contributed by atoms with Crippen molar-refractivity contribution >= 4 is 5.96 Å². The van der Waals surface area contributed by atoms with E-state index in [9.17, 15) is 0 Å². The smallest absolute Gasteiger partial charge is 0.191 e. The molecule has 1 aromatic carbocycles. The van der Waals surface area contributed by atoms with Crippen LogP contribution in [0.25, 0.3) is 0 Å². The number of guanidine groups is 1. The van der Waals surface area contributed by atoms with Gasteiger partial charge in [0.2, 0.25) is 0 Å². The van der Waals surface area contributed by atoms with Crippen LogP contribution in [0.3, 0.4) is 0 Å². The second kappa shape index (κ2) is 7.14. The summed E-state index contributed by atoms with van der Waals surface area (Å²) in [5.74, 6) is 1.77. The first kappa shape index (κ1) is 15.3. The summed E-state index contributed by atoms with van der Waals surface area (Å²) in [5.41, 5.74) is 2.82. The quantitative estimate of drug-likeness (QED) is 0.897. The fraction of sp³-hybridized carbons (Fsp3) is 0.611. The zero-order chi connectivity index (χ0) is 15.4. The van der Waals surface area contributed by atoms with Crippen molar-refractivity contribution in [3.05, 3.63) is 35.4 Å². The van der Waals surface area contributed by atoms with Gasteiger partial charge in [-0.3, -0.25) is 9.89 Å². The summed E-state index contributed by atoms with van der Waals surface area (Å²) >= 11 is 0. The van der Waals surface area contributed by atoms with Gasteiger partial charge in [-0.05, 0) is 43.4 Å². The number of rotatable bonds is 4. The predicted octanol–water partition coefficient (Wildman–Crippen LogP) is 2.36. The number of piperidine rings is 1. The largest absolute Gasteiger partial charge is 0.352 e. The molecule has 2 aliphatic heterocycles. The molecule has 0 saturated carbocycles. The van der Waals surface area contributed by atoms with E-state index in [0.29, 0.717) is 6.04 Å². The molecule has 1 saturated heterocycles. The zero-order valence-corrected chi connectivity index (χ0v) is 13.8. The van der Waals surface area contributed by atoms with Gasteiger partial charge in [0.15, 0.2) is 5.96 Å². The van der Waals surface area contributed by atoms with E-state index in [4.69, 9.17) is 0 Å². The average molecular weight is 300 g/mol. The third-order valence-corrected chi connectivity index (χ3v) is 4.61. The Kier molecular flexibility index (Phi) is 4.98. The van der Waals surface area contributed by atoms with E-state index in [2.05, 4.69) is 58.6 Å². The molecule has 3 rings (SSSR count). The normalized spacial score (nSPS) is 25.6. The Morgan fingerprint density at radius 3 is 2.82 bits per heavy atom. The van der Waals surface area contributed by atoms with Crippen LogP contribution in [0.4, 0.5) is 0 Å². The van der Waals surface area contributed by atoms with Crippen LogP contribution in [0, 0.1) is 5.92 Å². The van der Waals surface area contributed by atoms with Crippen LogP contribution >= 0.6 is 0 Å². The summed E-state index contributed by atoms with van der Waals surface area (Å²) in [6.45, 7) is 9.77. The van der Waals surface area contributed by atoms with Gasteiger partial charge in [-0.1, -0.05) is 31.2 Å². The van der Waals surface area contributed by atoms with E-state index in [0.717, 1.165) is 31.5 Å². The second-order valence-electron chi connectivity index (χ2n) is 6.84. The number of nitrogens with one attached hydrogen (secondary N) is 2. The summed E-state index contributed by atoms with van der Waals surface area (Å²) in [5, 5.41) is 6.79. The molecule has 0 spiro atoms. The number of hydrogen-bond acceptors (Lipinski definition) is 4. The van der Waals surface area contributed by atoms with E-state index in [1.54, 1.807) is 0 Å². The van der Waals surface area contributed by atoms with Gasteiger partial charge in [-0.25, -0.2) is 0 Å². The van der Waals surface area contributed by atoms with Crippen molar-refractivity contribution in [2.45, 2.75) is 45.8 Å². The highest BCUT2D eigenvalue weighted by atomic mass is 15.2. The van der Waals surface area contributed by atoms with Crippen molar-refractivity contribution in [3.8, 4) is 0 Å². The molecule has 2 atom stereocenters. The molecule has 2 aliphatic rings. The number of aliphatic imine (C=N–C) groups is 1. The maximum absolute atomic E-state index is 4.47. The maximum atomic E-state index is 4.47. The van der Waals surface area contributed by atoms with Crippen LogP contribution in [0.1, 0.15) is 37.8 Å². The SMILES string of the molecule is CC1CCCN(Cc2ccccc2CNC2=NCC(C)N2)C1. The number of benzene rings is 1. The Labute approximate surface area is 134 Å². The molecule has 1 aromatic rings. The summed E-state index contributed by atoms with van der Waals surface area (Å²) in [7, 11) is 0. The molecule has 0 aromatic heterocycles. The third-order valence-electron chi connectivity index (χ3n) is 4.61. The zero-order valence-electron chi connectivity index (χ0n) is 13.8. The minimum Gasteiger partial charge on any atom is -0.352 e. The van der Waals surface area contributed by atoms with Gasteiger partial charge in [0, 0.05) is 25.7 Å². The van der Waals surface area contributed by atoms with Crippen LogP contribution in [0.5, 0.6) is 0 Å². The lowest BCUT2D eigenvalue weighted by atomic mass is 9.99. The van der Waals surface area contributed by atoms with E-state index in [1.807, 2.05) is 0 Å². The van der Waals surface area contributed by atoms with Gasteiger partial charge in [0.05, 0.1) is 6.54 Å². The molecule has 4 heteroatoms. The monoisotopic (exact) mass is 300 g/mol. The number of nitrogens with zero attached hydrogens (tertiary/aromatic N) is 2. The summed E-state index contributed by atoms with van der Waals surface area (Å²) < 4.78 is 0. The summed E-state index contributed by atoms with van der Waals surface area (Å²) in [4.78, 5) is 7.07. The van der Waals surface area contributed by atoms with Crippen LogP contribution < -0.4 is 10.6 Å². The molecule has 0 aliphatic carbocycles. The van der Waals surface area contributed by atoms with Gasteiger partial charge in [0.1, 0.15) is 0 Å². The summed E-state index contributed by atoms with van der Waals surface area (Å²) in [6, 6.07) is 9.23. The Balaban J connectivity index is 1.60. The molecule has 2 heterocycles. The Hall–Kier alpha value is -1.55. The average Bonchev–Trinajstić information content (AvgIpc) is 2.92. The lowest BCUT2D eigenvalue weighted by Crippen LogP contribution is -2.37. The number of likely N-dealkylation sites (tertiary alicyclic amines) is 1. The highest BCUT2D eigenvalue weighted by molar-refractivity contribution is 5.81. The van der Waals surface area contributed by atoms with E-state index in [-0.39, 0.29) is 0 Å². The van der Waals surface area contributed by atoms with E-state index in [1.165, 1.54) is 37.1 Å². The van der Waals surface area contributed by atoms with Crippen molar-refractivity contribution in [3.63, 3.8) is 0 Å². The first-order valence-electron chi connectivity index (χ1n) is 8.54. The minimum atomic E-state index is 0.451. The topological polar surface area (TPSA) is 39.7 Å². The minimum absolute atomic E-state index is 0.451. The standard InChI is InChI=1S/C18H28N4/c1-14-6-5-9-22(12-14)13-17-8-4-3-7-16(17)11-20-18-19-10-15(2)21-18/h3-4,7-8,14-15H,5-6,9-13H2,1-2H3,(H2,19,20,21). The summed E-state index contributed by atoms with van der Waals surface area (Å²) in [6.07, 6.45) is 2.71. The van der Waals surface area contributed by atoms with Gasteiger partial charge < -0.3 is 10.6 Å². The van der Waals surface area contributed by atoms with Gasteiger partial charge in [-0.15, -0.1) is 0 Å². The maximum Gasteiger partial charge on any atom is 0.191 e. The fourth-order valence-electron chi connectivity index (χ4n) is 3.39. The molecule has 4 nitrogen and oxygen atoms in total. The van der Waals surface area contributed by atoms with Crippen LogP contribution in [0.15, 0.2) is 29.3 Å². The molecular formula is C18H28N4. The van der Waals surface area contributed by atoms with Crippen LogP contribution in [0.2, 0.25) is 0 Å². The van der Waals surface area contributed by atoms with Crippen LogP contribution in [-0.2, 0) is 13.1 Å². The van der Waals surface area contributed by atoms with Crippen molar-refractivity contribution in [1.29, 1.82) is 0 Å². The Morgan fingerprint density at radius 1 is 1.27 bits per heavy atom. The first-order valence-corrected chi connectivity index (χ1v) is 8.54. The Morgan fingerprint density at radius 2 is 2.09 bits per heavy atom. The lowest BCUT2D eigenvalue weighted by Gasteiger charge is -2.31. The van der Waals surface area contributed by atoms with E-state index < -0.39 is 0 Å². The Bertz CT molecular complexity index is 526. The van der Waals surface area contributed by atoms with Crippen molar-refractivity contribution in [2.75, 3.05) is 19.6 Å². The molecule has 120 valence electrons. The highest BCUT2D eigenvalue weighted by Crippen LogP contribution is 2.19. The van der Waals surface area contributed by atoms with Crippen molar-refractivity contribution in [2.24, 2.45) is 10.9 Å². The third kappa shape index (κ3) is 4.01. The highest BCUT2D eigenvalue weighted by Gasteiger charge is 2.17. The van der Waals surface area contributed by atoms with Crippen molar-refractivity contribution < 1.29 is 0 Å². The second-order valence-corrected chi connectivity index (χ2v) is 6.84. The molecule has 0 amide bonds. The van der Waals surface area contributed by atoms with Gasteiger partial charge in [0.25, 0.3) is 0 Å². The van der Waals surface area contributed by atoms with Crippen molar-refractivity contribution in [1.82, 2.24) is 15.5 Å². The molecule has 2 N–H and O–H groups in total. The van der Waals surface area contributed by atoms with E-state index >= 15 is 0 Å². The molecular weight excluding hydrogens is 272 g/mol. The molecule has 22 heavy (non-hydrogen) atoms. The first-order chi connectivity index (χ1) is 10.7. The molecule has 2 unspecified atom stereocenters. The molecule has 0 bridgehead atoms. The molecule has 1 fully saturated rings. The number of hydrogen-bond donors (Lipinski definition) is 2. The molecule has 0 radical (unpaired) electrons. The predicted molar refractivity (Wildman–Crippen MR) is 91.9 cm³/mol. The lowest BCUT2D eigenvalue weighted by molar-refractivity contribution is 0.176. The van der Waals surface area contributed by atoms with Gasteiger partial charge >= 0.3 is 0 Å².